The normalized spacial score (nSPS) is 11.0. The zero-order chi connectivity index (χ0) is 16.0. The van der Waals surface area contributed by atoms with E-state index < -0.39 is 21.8 Å². The molecule has 4 N–H and O–H groups in total. The summed E-state index contributed by atoms with van der Waals surface area (Å²) >= 11 is 0. The van der Waals surface area contributed by atoms with E-state index in [-0.39, 0.29) is 24.6 Å². The summed E-state index contributed by atoms with van der Waals surface area (Å²) in [5.74, 6) is -1.56. The van der Waals surface area contributed by atoms with Crippen molar-refractivity contribution in [2.75, 3.05) is 20.2 Å². The fourth-order valence-corrected chi connectivity index (χ4v) is 2.00. The van der Waals surface area contributed by atoms with Crippen molar-refractivity contribution in [2.24, 2.45) is 5.14 Å². The lowest BCUT2D eigenvalue weighted by molar-refractivity contribution is -0.145. The number of nitrogens with one attached hydrogen (secondary N) is 1. The van der Waals surface area contributed by atoms with Crippen molar-refractivity contribution >= 4 is 21.8 Å². The number of primary sulfonamides is 1. The number of nitrogens with zero attached hydrogens (tertiary/aromatic N) is 1. The van der Waals surface area contributed by atoms with E-state index in [0.717, 1.165) is 4.90 Å². The van der Waals surface area contributed by atoms with Gasteiger partial charge in [0.05, 0.1) is 11.5 Å². The van der Waals surface area contributed by atoms with Crippen molar-refractivity contribution in [3.63, 3.8) is 0 Å². The molecule has 0 aliphatic heterocycles. The molecule has 0 aliphatic rings. The number of amides is 2. The van der Waals surface area contributed by atoms with E-state index in [0.29, 0.717) is 5.56 Å². The molecule has 1 rings (SSSR count). The summed E-state index contributed by atoms with van der Waals surface area (Å²) in [6.45, 7) is -0.0949. The molecule has 0 atom stereocenters. The van der Waals surface area contributed by atoms with Crippen LogP contribution in [-0.4, -0.2) is 50.4 Å². The van der Waals surface area contributed by atoms with E-state index in [4.69, 9.17) is 10.2 Å². The van der Waals surface area contributed by atoms with Crippen LogP contribution in [0.2, 0.25) is 0 Å². The maximum Gasteiger partial charge on any atom is 0.311 e. The number of hydrogen-bond acceptors (Lipinski definition) is 5. The van der Waals surface area contributed by atoms with Gasteiger partial charge in [0.25, 0.3) is 0 Å². The van der Waals surface area contributed by atoms with Gasteiger partial charge in [-0.15, -0.1) is 0 Å². The van der Waals surface area contributed by atoms with Crippen molar-refractivity contribution in [1.82, 2.24) is 10.2 Å². The van der Waals surface area contributed by atoms with E-state index in [2.05, 4.69) is 5.32 Å². The smallest absolute Gasteiger partial charge is 0.311 e. The molecule has 116 valence electrons. The van der Waals surface area contributed by atoms with Crippen LogP contribution in [0.5, 0.6) is 0 Å². The fourth-order valence-electron chi connectivity index (χ4n) is 1.48. The Bertz CT molecular complexity index is 612. The summed E-state index contributed by atoms with van der Waals surface area (Å²) in [5.41, 5.74) is 0.619. The highest BCUT2D eigenvalue weighted by Crippen LogP contribution is 2.08. The fraction of sp³-hybridized carbons (Fsp3) is 0.333. The molecule has 9 heteroatoms. The summed E-state index contributed by atoms with van der Waals surface area (Å²) in [7, 11) is -2.35. The molecule has 21 heavy (non-hydrogen) atoms. The third-order valence-corrected chi connectivity index (χ3v) is 3.61. The highest BCUT2D eigenvalue weighted by Gasteiger charge is 2.17. The van der Waals surface area contributed by atoms with Crippen molar-refractivity contribution in [2.45, 2.75) is 11.4 Å². The summed E-state index contributed by atoms with van der Waals surface area (Å²) in [5, 5.41) is 16.0. The Morgan fingerprint density at radius 3 is 2.33 bits per heavy atom. The van der Waals surface area contributed by atoms with Gasteiger partial charge in [-0.05, 0) is 17.7 Å². The monoisotopic (exact) mass is 315 g/mol. The summed E-state index contributed by atoms with van der Waals surface area (Å²) < 4.78 is 22.1. The largest absolute Gasteiger partial charge is 0.395 e. The topological polar surface area (TPSA) is 130 Å². The zero-order valence-electron chi connectivity index (χ0n) is 11.4. The average molecular weight is 315 g/mol. The van der Waals surface area contributed by atoms with Gasteiger partial charge in [-0.25, -0.2) is 13.6 Å². The predicted molar refractivity (Wildman–Crippen MR) is 74.4 cm³/mol. The Hall–Kier alpha value is -1.97. The van der Waals surface area contributed by atoms with Gasteiger partial charge < -0.3 is 15.3 Å². The Morgan fingerprint density at radius 1 is 1.29 bits per heavy atom. The number of hydrogen-bond donors (Lipinski definition) is 3. The lowest BCUT2D eigenvalue weighted by Crippen LogP contribution is -2.41. The van der Waals surface area contributed by atoms with Crippen molar-refractivity contribution in [3.05, 3.63) is 29.8 Å². The number of aliphatic hydroxyl groups excluding tert-OH is 1. The minimum atomic E-state index is -3.75. The quantitative estimate of drug-likeness (QED) is 0.563. The van der Waals surface area contributed by atoms with Gasteiger partial charge in [-0.1, -0.05) is 12.1 Å². The molecule has 1 aromatic rings. The second-order valence-electron chi connectivity index (χ2n) is 4.32. The molecule has 0 radical (unpaired) electrons. The third kappa shape index (κ3) is 5.14. The average Bonchev–Trinajstić information content (AvgIpc) is 2.43. The van der Waals surface area contributed by atoms with Gasteiger partial charge in [0.1, 0.15) is 0 Å². The molecule has 0 unspecified atom stereocenters. The first-order valence-electron chi connectivity index (χ1n) is 6.01. The molecule has 0 heterocycles. The molecular formula is C12H17N3O5S. The molecule has 0 aliphatic carbocycles. The molecule has 0 bridgehead atoms. The van der Waals surface area contributed by atoms with Crippen molar-refractivity contribution < 1.29 is 23.1 Å². The summed E-state index contributed by atoms with van der Waals surface area (Å²) in [6.07, 6.45) is 0. The van der Waals surface area contributed by atoms with Crippen LogP contribution < -0.4 is 10.5 Å². The first-order valence-corrected chi connectivity index (χ1v) is 7.56. The van der Waals surface area contributed by atoms with Crippen LogP contribution in [0, 0.1) is 0 Å². The molecule has 0 aromatic heterocycles. The zero-order valence-corrected chi connectivity index (χ0v) is 12.3. The standard InChI is InChI=1S/C12H17N3O5S/c1-15(6-7-16)12(18)11(17)14-8-9-2-4-10(5-3-9)21(13,19)20/h2-5,16H,6-8H2,1H3,(H,14,17)(H2,13,19,20). The van der Waals surface area contributed by atoms with Crippen LogP contribution in [0.15, 0.2) is 29.2 Å². The number of likely N-dealkylation sites (N-methyl/N-ethyl adjacent to an activating group) is 1. The number of rotatable bonds is 5. The van der Waals surface area contributed by atoms with Crippen LogP contribution in [0.25, 0.3) is 0 Å². The maximum absolute atomic E-state index is 11.6. The Balaban J connectivity index is 2.59. The minimum absolute atomic E-state index is 0.0312. The van der Waals surface area contributed by atoms with Crippen LogP contribution in [-0.2, 0) is 26.2 Å². The third-order valence-electron chi connectivity index (χ3n) is 2.68. The lowest BCUT2D eigenvalue weighted by atomic mass is 10.2. The molecule has 8 nitrogen and oxygen atoms in total. The second-order valence-corrected chi connectivity index (χ2v) is 5.88. The summed E-state index contributed by atoms with van der Waals surface area (Å²) in [4.78, 5) is 24.2. The van der Waals surface area contributed by atoms with E-state index in [9.17, 15) is 18.0 Å². The molecular weight excluding hydrogens is 298 g/mol. The first-order chi connectivity index (χ1) is 9.75. The molecule has 0 fully saturated rings. The number of benzene rings is 1. The SMILES string of the molecule is CN(CCO)C(=O)C(=O)NCc1ccc(S(N)(=O)=O)cc1. The Morgan fingerprint density at radius 2 is 1.86 bits per heavy atom. The van der Waals surface area contributed by atoms with Gasteiger partial charge in [-0.2, -0.15) is 0 Å². The Labute approximate surface area is 122 Å². The Kier molecular flexibility index (Phi) is 5.82. The highest BCUT2D eigenvalue weighted by molar-refractivity contribution is 7.89. The molecule has 0 spiro atoms. The molecule has 2 amide bonds. The lowest BCUT2D eigenvalue weighted by Gasteiger charge is -2.14. The van der Waals surface area contributed by atoms with Gasteiger partial charge in [0.2, 0.25) is 10.0 Å². The molecule has 0 saturated heterocycles. The number of aliphatic hydroxyl groups is 1. The highest BCUT2D eigenvalue weighted by atomic mass is 32.2. The second kappa shape index (κ2) is 7.16. The predicted octanol–water partition coefficient (Wildman–Crippen LogP) is -1.60. The van der Waals surface area contributed by atoms with Crippen LogP contribution in [0.1, 0.15) is 5.56 Å². The van der Waals surface area contributed by atoms with E-state index in [1.54, 1.807) is 0 Å². The molecule has 1 aromatic carbocycles. The van der Waals surface area contributed by atoms with E-state index in [1.807, 2.05) is 0 Å². The first kappa shape index (κ1) is 17.1. The number of nitrogens with two attached hydrogens (primary N) is 1. The van der Waals surface area contributed by atoms with E-state index in [1.165, 1.54) is 31.3 Å². The van der Waals surface area contributed by atoms with Crippen molar-refractivity contribution in [1.29, 1.82) is 0 Å². The van der Waals surface area contributed by atoms with Gasteiger partial charge in [0.15, 0.2) is 0 Å². The minimum Gasteiger partial charge on any atom is -0.395 e. The van der Waals surface area contributed by atoms with Gasteiger partial charge in [-0.3, -0.25) is 9.59 Å². The van der Waals surface area contributed by atoms with Crippen molar-refractivity contribution in [3.8, 4) is 0 Å². The van der Waals surface area contributed by atoms with Crippen LogP contribution in [0.4, 0.5) is 0 Å². The van der Waals surface area contributed by atoms with Gasteiger partial charge >= 0.3 is 11.8 Å². The summed E-state index contributed by atoms with van der Waals surface area (Å²) in [6, 6.07) is 5.61. The van der Waals surface area contributed by atoms with Gasteiger partial charge in [0, 0.05) is 20.1 Å². The van der Waals surface area contributed by atoms with E-state index >= 15 is 0 Å². The number of sulfonamides is 1. The number of carbonyl (C=O) groups excluding carboxylic acids is 2. The molecule has 0 saturated carbocycles. The van der Waals surface area contributed by atoms with Crippen LogP contribution in [0.3, 0.4) is 0 Å². The number of carbonyl (C=O) groups is 2. The van der Waals surface area contributed by atoms with Crippen LogP contribution >= 0.6 is 0 Å². The maximum atomic E-state index is 11.6.